The number of rotatable bonds is 4. The second-order valence-corrected chi connectivity index (χ2v) is 3.77. The van der Waals surface area contributed by atoms with E-state index in [1.807, 2.05) is 33.8 Å². The second-order valence-electron chi connectivity index (χ2n) is 3.77. The molecule has 3 nitrogen and oxygen atoms in total. The molecule has 0 bridgehead atoms. The molecule has 0 radical (unpaired) electrons. The van der Waals surface area contributed by atoms with Gasteiger partial charge >= 0.3 is 0 Å². The van der Waals surface area contributed by atoms with E-state index in [2.05, 4.69) is 0 Å². The fraction of sp³-hybridized carbons (Fsp3) is 0.636. The molecule has 0 aliphatic rings. The van der Waals surface area contributed by atoms with Gasteiger partial charge in [0.05, 0.1) is 12.7 Å². The predicted molar refractivity (Wildman–Crippen MR) is 54.2 cm³/mol. The van der Waals surface area contributed by atoms with Gasteiger partial charge in [-0.05, 0) is 33.8 Å². The number of aliphatic hydroxyl groups is 1. The van der Waals surface area contributed by atoms with Gasteiger partial charge in [-0.3, -0.25) is 0 Å². The molecule has 0 spiro atoms. The van der Waals surface area contributed by atoms with Crippen LogP contribution < -0.4 is 0 Å². The Balaban J connectivity index is 2.60. The third-order valence-electron chi connectivity index (χ3n) is 2.03. The van der Waals surface area contributed by atoms with Gasteiger partial charge in [0.1, 0.15) is 17.6 Å². The molecule has 1 N–H and O–H groups in total. The molecule has 0 saturated heterocycles. The summed E-state index contributed by atoms with van der Waals surface area (Å²) in [5.41, 5.74) is 0.822. The quantitative estimate of drug-likeness (QED) is 0.807. The summed E-state index contributed by atoms with van der Waals surface area (Å²) in [5.74, 6) is 1.59. The minimum Gasteiger partial charge on any atom is -0.466 e. The van der Waals surface area contributed by atoms with Crippen molar-refractivity contribution in [2.24, 2.45) is 0 Å². The highest BCUT2D eigenvalue weighted by Gasteiger charge is 2.14. The first-order chi connectivity index (χ1) is 6.50. The van der Waals surface area contributed by atoms with Crippen molar-refractivity contribution in [1.82, 2.24) is 0 Å². The Morgan fingerprint density at radius 3 is 2.50 bits per heavy atom. The van der Waals surface area contributed by atoms with Gasteiger partial charge in [-0.15, -0.1) is 0 Å². The Bertz CT molecular complexity index is 289. The highest BCUT2D eigenvalue weighted by atomic mass is 16.5. The first-order valence-corrected chi connectivity index (χ1v) is 4.87. The molecule has 0 aliphatic heterocycles. The summed E-state index contributed by atoms with van der Waals surface area (Å²) < 4.78 is 10.7. The molecule has 0 aliphatic carbocycles. The summed E-state index contributed by atoms with van der Waals surface area (Å²) in [6.45, 7) is 7.92. The van der Waals surface area contributed by atoms with Crippen LogP contribution in [0.1, 0.15) is 37.0 Å². The van der Waals surface area contributed by atoms with Gasteiger partial charge in [0.2, 0.25) is 0 Å². The van der Waals surface area contributed by atoms with Crippen LogP contribution >= 0.6 is 0 Å². The van der Waals surface area contributed by atoms with Crippen LogP contribution in [0.5, 0.6) is 0 Å². The van der Waals surface area contributed by atoms with E-state index in [9.17, 15) is 5.11 Å². The topological polar surface area (TPSA) is 42.6 Å². The number of hydrogen-bond acceptors (Lipinski definition) is 3. The molecule has 80 valence electrons. The summed E-state index contributed by atoms with van der Waals surface area (Å²) in [5, 5.41) is 9.78. The van der Waals surface area contributed by atoms with Crippen molar-refractivity contribution in [1.29, 1.82) is 0 Å². The maximum Gasteiger partial charge on any atom is 0.106 e. The molecule has 14 heavy (non-hydrogen) atoms. The molecule has 1 rings (SSSR count). The van der Waals surface area contributed by atoms with Crippen molar-refractivity contribution in [3.8, 4) is 0 Å². The highest BCUT2D eigenvalue weighted by molar-refractivity contribution is 5.22. The molecule has 1 atom stereocenters. The van der Waals surface area contributed by atoms with Gasteiger partial charge in [0.25, 0.3) is 0 Å². The number of ether oxygens (including phenoxy) is 1. The molecule has 0 saturated carbocycles. The Labute approximate surface area is 84.7 Å². The smallest absolute Gasteiger partial charge is 0.106 e. The molecular weight excluding hydrogens is 180 g/mol. The molecule has 0 amide bonds. The summed E-state index contributed by atoms with van der Waals surface area (Å²) in [6, 6.07) is 1.85. The van der Waals surface area contributed by atoms with E-state index in [0.717, 1.165) is 17.1 Å². The van der Waals surface area contributed by atoms with Crippen LogP contribution in [0.25, 0.3) is 0 Å². The van der Waals surface area contributed by atoms with Gasteiger partial charge in [0.15, 0.2) is 0 Å². The lowest BCUT2D eigenvalue weighted by Crippen LogP contribution is -2.11. The summed E-state index contributed by atoms with van der Waals surface area (Å²) >= 11 is 0. The molecule has 3 heteroatoms. The first-order valence-electron chi connectivity index (χ1n) is 4.87. The van der Waals surface area contributed by atoms with Crippen molar-refractivity contribution in [2.45, 2.75) is 39.9 Å². The van der Waals surface area contributed by atoms with Crippen LogP contribution in [0.3, 0.4) is 0 Å². The van der Waals surface area contributed by atoms with Gasteiger partial charge in [-0.2, -0.15) is 0 Å². The summed E-state index contributed by atoms with van der Waals surface area (Å²) in [7, 11) is 0. The molecule has 1 aromatic rings. The van der Waals surface area contributed by atoms with E-state index in [1.165, 1.54) is 0 Å². The van der Waals surface area contributed by atoms with Crippen LogP contribution in [-0.4, -0.2) is 17.8 Å². The number of aryl methyl sites for hydroxylation is 2. The zero-order chi connectivity index (χ0) is 10.7. The maximum atomic E-state index is 9.78. The first kappa shape index (κ1) is 11.3. The second kappa shape index (κ2) is 4.62. The molecule has 0 fully saturated rings. The van der Waals surface area contributed by atoms with E-state index >= 15 is 0 Å². The highest BCUT2D eigenvalue weighted by Crippen LogP contribution is 2.21. The molecule has 1 heterocycles. The van der Waals surface area contributed by atoms with Crippen molar-refractivity contribution < 1.29 is 14.3 Å². The van der Waals surface area contributed by atoms with Gasteiger partial charge in [-0.1, -0.05) is 0 Å². The monoisotopic (exact) mass is 198 g/mol. The predicted octanol–water partition coefficient (Wildman–Crippen LogP) is 2.35. The normalized spacial score (nSPS) is 13.6. The number of furan rings is 1. The minimum atomic E-state index is -0.588. The van der Waals surface area contributed by atoms with Gasteiger partial charge < -0.3 is 14.3 Å². The average molecular weight is 198 g/mol. The standard InChI is InChI=1S/C11H18O3/c1-7(2)13-6-11(12)10-5-8(3)14-9(10)4/h5,7,11-12H,6H2,1-4H3. The largest absolute Gasteiger partial charge is 0.466 e. The van der Waals surface area contributed by atoms with Gasteiger partial charge in [0, 0.05) is 5.56 Å². The fourth-order valence-corrected chi connectivity index (χ4v) is 1.35. The van der Waals surface area contributed by atoms with Crippen LogP contribution in [0.4, 0.5) is 0 Å². The van der Waals surface area contributed by atoms with E-state index in [4.69, 9.17) is 9.15 Å². The zero-order valence-corrected chi connectivity index (χ0v) is 9.20. The molecule has 1 aromatic heterocycles. The van der Waals surface area contributed by atoms with E-state index < -0.39 is 6.10 Å². The Hall–Kier alpha value is -0.800. The lowest BCUT2D eigenvalue weighted by molar-refractivity contribution is 0.00440. The molecular formula is C11H18O3. The Kier molecular flexibility index (Phi) is 3.72. The SMILES string of the molecule is Cc1cc(C(O)COC(C)C)c(C)o1. The van der Waals surface area contributed by atoms with E-state index in [0.29, 0.717) is 6.61 Å². The average Bonchev–Trinajstić information content (AvgIpc) is 2.41. The number of hydrogen-bond donors (Lipinski definition) is 1. The summed E-state index contributed by atoms with van der Waals surface area (Å²) in [6.07, 6.45) is -0.451. The van der Waals surface area contributed by atoms with Crippen LogP contribution in [-0.2, 0) is 4.74 Å². The van der Waals surface area contributed by atoms with Crippen LogP contribution in [0, 0.1) is 13.8 Å². The molecule has 1 unspecified atom stereocenters. The van der Waals surface area contributed by atoms with Crippen molar-refractivity contribution in [3.63, 3.8) is 0 Å². The van der Waals surface area contributed by atoms with Crippen molar-refractivity contribution in [2.75, 3.05) is 6.61 Å². The minimum absolute atomic E-state index is 0.137. The van der Waals surface area contributed by atoms with Crippen molar-refractivity contribution >= 4 is 0 Å². The van der Waals surface area contributed by atoms with Crippen molar-refractivity contribution in [3.05, 3.63) is 23.2 Å². The van der Waals surface area contributed by atoms with E-state index in [-0.39, 0.29) is 6.10 Å². The third kappa shape index (κ3) is 2.86. The van der Waals surface area contributed by atoms with E-state index in [1.54, 1.807) is 0 Å². The van der Waals surface area contributed by atoms with Gasteiger partial charge in [-0.25, -0.2) is 0 Å². The lowest BCUT2D eigenvalue weighted by Gasteiger charge is -2.12. The Morgan fingerprint density at radius 1 is 1.43 bits per heavy atom. The van der Waals surface area contributed by atoms with Crippen LogP contribution in [0.2, 0.25) is 0 Å². The maximum absolute atomic E-state index is 9.78. The summed E-state index contributed by atoms with van der Waals surface area (Å²) in [4.78, 5) is 0. The zero-order valence-electron chi connectivity index (χ0n) is 9.20. The lowest BCUT2D eigenvalue weighted by atomic mass is 10.1. The molecule has 0 aromatic carbocycles. The number of aliphatic hydroxyl groups excluding tert-OH is 1. The third-order valence-corrected chi connectivity index (χ3v) is 2.03. The van der Waals surface area contributed by atoms with Crippen LogP contribution in [0.15, 0.2) is 10.5 Å². The fourth-order valence-electron chi connectivity index (χ4n) is 1.35. The Morgan fingerprint density at radius 2 is 2.07 bits per heavy atom.